The second-order valence-corrected chi connectivity index (χ2v) is 8.44. The molecule has 8 heteroatoms. The molecule has 0 aliphatic carbocycles. The molecule has 0 heterocycles. The molecule has 0 spiro atoms. The molecule has 8 nitrogen and oxygen atoms in total. The molecule has 190 valence electrons. The molecule has 0 amide bonds. The topological polar surface area (TPSA) is 103 Å². The van der Waals surface area contributed by atoms with Crippen LogP contribution in [0, 0.1) is 0 Å². The zero-order chi connectivity index (χ0) is 26.4. The van der Waals surface area contributed by atoms with Gasteiger partial charge in [0.05, 0.1) is 45.6 Å². The van der Waals surface area contributed by atoms with Crippen LogP contribution in [0.3, 0.4) is 0 Å². The number of anilines is 1. The second kappa shape index (κ2) is 11.5. The highest BCUT2D eigenvalue weighted by Crippen LogP contribution is 2.40. The van der Waals surface area contributed by atoms with Crippen LogP contribution in [0.25, 0.3) is 0 Å². The Morgan fingerprint density at radius 2 is 1.42 bits per heavy atom. The average Bonchev–Trinajstić information content (AvgIpc) is 2.90. The minimum atomic E-state index is -0.646. The molecule has 3 aromatic carbocycles. The van der Waals surface area contributed by atoms with Crippen LogP contribution in [0.4, 0.5) is 5.69 Å². The van der Waals surface area contributed by atoms with E-state index in [0.717, 1.165) is 5.56 Å². The van der Waals surface area contributed by atoms with Gasteiger partial charge in [-0.05, 0) is 60.0 Å². The highest BCUT2D eigenvalue weighted by Gasteiger charge is 2.24. The normalized spacial score (nSPS) is 11.5. The van der Waals surface area contributed by atoms with Crippen molar-refractivity contribution in [1.82, 2.24) is 0 Å². The van der Waals surface area contributed by atoms with Crippen molar-refractivity contribution in [3.8, 4) is 17.2 Å². The van der Waals surface area contributed by atoms with Crippen LogP contribution in [-0.2, 0) is 9.47 Å². The van der Waals surface area contributed by atoms with Crippen LogP contribution < -0.4 is 14.8 Å². The van der Waals surface area contributed by atoms with Crippen LogP contribution >= 0.6 is 0 Å². The van der Waals surface area contributed by atoms with Gasteiger partial charge in [0.1, 0.15) is 17.2 Å². The van der Waals surface area contributed by atoms with Gasteiger partial charge in [-0.3, -0.25) is 0 Å². The Labute approximate surface area is 210 Å². The number of hydrogen-bond acceptors (Lipinski definition) is 8. The first-order valence-electron chi connectivity index (χ1n) is 11.3. The number of nitrogens with one attached hydrogen (secondary N) is 1. The average molecular weight is 494 g/mol. The molecule has 1 unspecified atom stereocenters. The van der Waals surface area contributed by atoms with E-state index in [1.165, 1.54) is 20.3 Å². The molecule has 36 heavy (non-hydrogen) atoms. The SMILES string of the molecule is COC(=O)c1cc(NC(c2cc(C(C)C)ccc2O)c2cc(OC)ccc2OC)cc(C(=O)OC)c1. The predicted molar refractivity (Wildman–Crippen MR) is 136 cm³/mol. The Bertz CT molecular complexity index is 1220. The predicted octanol–water partition coefficient (Wildman–Crippen LogP) is 5.31. The quantitative estimate of drug-likeness (QED) is 0.387. The lowest BCUT2D eigenvalue weighted by molar-refractivity contribution is 0.0599. The van der Waals surface area contributed by atoms with E-state index < -0.39 is 18.0 Å². The Balaban J connectivity index is 2.26. The summed E-state index contributed by atoms with van der Waals surface area (Å²) in [5, 5.41) is 14.3. The van der Waals surface area contributed by atoms with Crippen LogP contribution in [-0.4, -0.2) is 45.5 Å². The number of ether oxygens (including phenoxy) is 4. The largest absolute Gasteiger partial charge is 0.508 e. The van der Waals surface area contributed by atoms with Gasteiger partial charge in [-0.1, -0.05) is 19.9 Å². The molecule has 0 aromatic heterocycles. The number of carbonyl (C=O) groups is 2. The summed E-state index contributed by atoms with van der Waals surface area (Å²) in [5.41, 5.74) is 3.04. The number of methoxy groups -OCH3 is 4. The van der Waals surface area contributed by atoms with Crippen molar-refractivity contribution in [1.29, 1.82) is 0 Å². The standard InChI is InChI=1S/C28H31NO7/c1-16(2)17-7-9-24(30)22(14-17)26(23-15-21(33-3)8-10-25(23)34-4)29-20-12-18(27(31)35-5)11-19(13-20)28(32)36-6/h7-16,26,29-30H,1-6H3. The molecule has 0 radical (unpaired) electrons. The molecular formula is C28H31NO7. The Kier molecular flexibility index (Phi) is 8.42. The van der Waals surface area contributed by atoms with Gasteiger partial charge < -0.3 is 29.4 Å². The summed E-state index contributed by atoms with van der Waals surface area (Å²) in [7, 11) is 5.65. The van der Waals surface area contributed by atoms with Gasteiger partial charge in [0.2, 0.25) is 0 Å². The summed E-state index contributed by atoms with van der Waals surface area (Å²) in [6.07, 6.45) is 0. The second-order valence-electron chi connectivity index (χ2n) is 8.44. The zero-order valence-electron chi connectivity index (χ0n) is 21.2. The number of phenols is 1. The van der Waals surface area contributed by atoms with E-state index in [4.69, 9.17) is 18.9 Å². The van der Waals surface area contributed by atoms with Crippen LogP contribution in [0.2, 0.25) is 0 Å². The molecule has 0 bridgehead atoms. The molecule has 2 N–H and O–H groups in total. The maximum atomic E-state index is 12.3. The molecular weight excluding hydrogens is 462 g/mol. The Morgan fingerprint density at radius 1 is 0.778 bits per heavy atom. The van der Waals surface area contributed by atoms with Crippen molar-refractivity contribution in [3.05, 3.63) is 82.4 Å². The molecule has 0 aliphatic rings. The highest BCUT2D eigenvalue weighted by molar-refractivity contribution is 5.97. The fraction of sp³-hybridized carbons (Fsp3) is 0.286. The maximum absolute atomic E-state index is 12.3. The molecule has 3 rings (SSSR count). The minimum absolute atomic E-state index is 0.0686. The van der Waals surface area contributed by atoms with Gasteiger partial charge >= 0.3 is 11.9 Å². The molecule has 0 aliphatic heterocycles. The fourth-order valence-electron chi connectivity index (χ4n) is 3.90. The number of aromatic hydroxyl groups is 1. The van der Waals surface area contributed by atoms with E-state index in [2.05, 4.69) is 19.2 Å². The molecule has 1 atom stereocenters. The summed E-state index contributed by atoms with van der Waals surface area (Å²) in [6, 6.07) is 14.7. The van der Waals surface area contributed by atoms with Crippen molar-refractivity contribution in [2.45, 2.75) is 25.8 Å². The maximum Gasteiger partial charge on any atom is 0.337 e. The Hall–Kier alpha value is -4.20. The van der Waals surface area contributed by atoms with Crippen LogP contribution in [0.15, 0.2) is 54.6 Å². The lowest BCUT2D eigenvalue weighted by Crippen LogP contribution is -2.16. The van der Waals surface area contributed by atoms with E-state index in [-0.39, 0.29) is 22.8 Å². The van der Waals surface area contributed by atoms with Gasteiger partial charge in [0.25, 0.3) is 0 Å². The van der Waals surface area contributed by atoms with Gasteiger partial charge in [-0.2, -0.15) is 0 Å². The van der Waals surface area contributed by atoms with E-state index in [1.54, 1.807) is 44.6 Å². The summed E-state index contributed by atoms with van der Waals surface area (Å²) in [4.78, 5) is 24.7. The number of esters is 2. The first kappa shape index (κ1) is 26.4. The highest BCUT2D eigenvalue weighted by atomic mass is 16.5. The lowest BCUT2D eigenvalue weighted by atomic mass is 9.92. The van der Waals surface area contributed by atoms with Crippen molar-refractivity contribution in [2.75, 3.05) is 33.8 Å². The fourth-order valence-corrected chi connectivity index (χ4v) is 3.90. The van der Waals surface area contributed by atoms with Gasteiger partial charge in [-0.15, -0.1) is 0 Å². The molecule has 0 saturated heterocycles. The van der Waals surface area contributed by atoms with E-state index in [1.807, 2.05) is 18.2 Å². The van der Waals surface area contributed by atoms with Crippen LogP contribution in [0.5, 0.6) is 17.2 Å². The smallest absolute Gasteiger partial charge is 0.337 e. The zero-order valence-corrected chi connectivity index (χ0v) is 21.2. The monoisotopic (exact) mass is 493 g/mol. The van der Waals surface area contributed by atoms with E-state index >= 15 is 0 Å². The van der Waals surface area contributed by atoms with E-state index in [9.17, 15) is 14.7 Å². The summed E-state index contributed by atoms with van der Waals surface area (Å²) < 4.78 is 20.8. The van der Waals surface area contributed by atoms with Gasteiger partial charge in [0, 0.05) is 16.8 Å². The van der Waals surface area contributed by atoms with Gasteiger partial charge in [-0.25, -0.2) is 9.59 Å². The van der Waals surface area contributed by atoms with Crippen LogP contribution in [0.1, 0.15) is 63.2 Å². The summed E-state index contributed by atoms with van der Waals surface area (Å²) in [5.74, 6) is 0.216. The van der Waals surface area contributed by atoms with E-state index in [0.29, 0.717) is 28.3 Å². The number of benzene rings is 3. The number of rotatable bonds is 9. The summed E-state index contributed by atoms with van der Waals surface area (Å²) in [6.45, 7) is 4.13. The number of carbonyl (C=O) groups excluding carboxylic acids is 2. The number of phenolic OH excluding ortho intramolecular Hbond substituents is 1. The number of hydrogen-bond donors (Lipinski definition) is 2. The third kappa shape index (κ3) is 5.71. The molecule has 0 saturated carbocycles. The van der Waals surface area contributed by atoms with Crippen molar-refractivity contribution >= 4 is 17.6 Å². The first-order chi connectivity index (χ1) is 17.2. The van der Waals surface area contributed by atoms with Crippen molar-refractivity contribution in [3.63, 3.8) is 0 Å². The lowest BCUT2D eigenvalue weighted by Gasteiger charge is -2.25. The van der Waals surface area contributed by atoms with Gasteiger partial charge in [0.15, 0.2) is 0 Å². The third-order valence-corrected chi connectivity index (χ3v) is 5.86. The van der Waals surface area contributed by atoms with Crippen molar-refractivity contribution < 1.29 is 33.6 Å². The molecule has 0 fully saturated rings. The third-order valence-electron chi connectivity index (χ3n) is 5.86. The minimum Gasteiger partial charge on any atom is -0.508 e. The first-order valence-corrected chi connectivity index (χ1v) is 11.3. The molecule has 3 aromatic rings. The Morgan fingerprint density at radius 3 is 1.94 bits per heavy atom. The van der Waals surface area contributed by atoms with Crippen molar-refractivity contribution in [2.24, 2.45) is 0 Å². The summed E-state index contributed by atoms with van der Waals surface area (Å²) >= 11 is 0.